The summed E-state index contributed by atoms with van der Waals surface area (Å²) in [7, 11) is 0. The van der Waals surface area contributed by atoms with Crippen LogP contribution in [0.25, 0.3) is 33.1 Å². The van der Waals surface area contributed by atoms with E-state index < -0.39 is 5.63 Å². The maximum atomic E-state index is 12.5. The summed E-state index contributed by atoms with van der Waals surface area (Å²) >= 11 is 5.95. The van der Waals surface area contributed by atoms with Gasteiger partial charge in [-0.25, -0.2) is 4.79 Å². The summed E-state index contributed by atoms with van der Waals surface area (Å²) in [6.07, 6.45) is 0.112. The lowest BCUT2D eigenvalue weighted by Gasteiger charge is -2.01. The number of fused-ring (bicyclic) bond motifs is 3. The number of nitriles is 1. The van der Waals surface area contributed by atoms with E-state index in [0.29, 0.717) is 27.1 Å². The molecule has 0 aliphatic carbocycles. The monoisotopic (exact) mass is 334 g/mol. The zero-order chi connectivity index (χ0) is 16.7. The van der Waals surface area contributed by atoms with E-state index in [1.54, 1.807) is 18.2 Å². The number of nitrogens with one attached hydrogen (secondary N) is 1. The zero-order valence-electron chi connectivity index (χ0n) is 12.5. The molecule has 0 spiro atoms. The SMILES string of the molecule is N#CCc1c(-c2ccc(Cl)cc2)[nH]c2c1c(=O)oc1ccccc12. The molecule has 4 rings (SSSR count). The number of rotatable bonds is 2. The summed E-state index contributed by atoms with van der Waals surface area (Å²) in [5.74, 6) is 0. The van der Waals surface area contributed by atoms with Crippen LogP contribution in [0.15, 0.2) is 57.7 Å². The second-order valence-corrected chi connectivity index (χ2v) is 5.89. The molecule has 2 aromatic heterocycles. The van der Waals surface area contributed by atoms with Gasteiger partial charge in [-0.1, -0.05) is 35.9 Å². The molecule has 0 unspecified atom stereocenters. The smallest absolute Gasteiger partial charge is 0.346 e. The summed E-state index contributed by atoms with van der Waals surface area (Å²) < 4.78 is 5.42. The Morgan fingerprint density at radius 2 is 1.88 bits per heavy atom. The lowest BCUT2D eigenvalue weighted by molar-refractivity contribution is 0.569. The van der Waals surface area contributed by atoms with Gasteiger partial charge in [-0.2, -0.15) is 5.26 Å². The molecule has 0 aliphatic rings. The number of para-hydroxylation sites is 1. The van der Waals surface area contributed by atoms with Gasteiger partial charge in [-0.15, -0.1) is 0 Å². The van der Waals surface area contributed by atoms with E-state index in [1.807, 2.05) is 30.3 Å². The first-order chi connectivity index (χ1) is 11.7. The van der Waals surface area contributed by atoms with Crippen molar-refractivity contribution in [3.05, 3.63) is 69.5 Å². The Balaban J connectivity index is 2.14. The Morgan fingerprint density at radius 1 is 1.12 bits per heavy atom. The van der Waals surface area contributed by atoms with Gasteiger partial charge in [0.15, 0.2) is 0 Å². The lowest BCUT2D eigenvalue weighted by atomic mass is 10.0. The van der Waals surface area contributed by atoms with Crippen molar-refractivity contribution < 1.29 is 4.42 Å². The topological polar surface area (TPSA) is 69.8 Å². The Morgan fingerprint density at radius 3 is 2.62 bits per heavy atom. The second kappa shape index (κ2) is 5.55. The third-order valence-electron chi connectivity index (χ3n) is 4.06. The van der Waals surface area contributed by atoms with Gasteiger partial charge in [-0.05, 0) is 29.8 Å². The molecule has 2 aromatic carbocycles. The fourth-order valence-corrected chi connectivity index (χ4v) is 3.12. The molecule has 0 radical (unpaired) electrons. The van der Waals surface area contributed by atoms with E-state index in [0.717, 1.165) is 16.6 Å². The first-order valence-electron chi connectivity index (χ1n) is 7.38. The Hall–Kier alpha value is -3.03. The van der Waals surface area contributed by atoms with E-state index in [1.165, 1.54) is 0 Å². The number of benzene rings is 2. The van der Waals surface area contributed by atoms with E-state index in [2.05, 4.69) is 11.1 Å². The van der Waals surface area contributed by atoms with Crippen LogP contribution in [0.3, 0.4) is 0 Å². The lowest BCUT2D eigenvalue weighted by Crippen LogP contribution is -2.01. The van der Waals surface area contributed by atoms with Crippen LogP contribution in [0.2, 0.25) is 5.02 Å². The first-order valence-corrected chi connectivity index (χ1v) is 7.76. The average Bonchev–Trinajstić information content (AvgIpc) is 2.96. The second-order valence-electron chi connectivity index (χ2n) is 5.46. The highest BCUT2D eigenvalue weighted by Crippen LogP contribution is 2.33. The van der Waals surface area contributed by atoms with Crippen molar-refractivity contribution in [2.24, 2.45) is 0 Å². The summed E-state index contributed by atoms with van der Waals surface area (Å²) in [5.41, 5.74) is 3.02. The molecular weight excluding hydrogens is 324 g/mol. The average molecular weight is 335 g/mol. The maximum Gasteiger partial charge on any atom is 0.346 e. The Labute approximate surface area is 141 Å². The van der Waals surface area contributed by atoms with Crippen LogP contribution >= 0.6 is 11.6 Å². The molecule has 0 amide bonds. The number of aromatic nitrogens is 1. The zero-order valence-corrected chi connectivity index (χ0v) is 13.2. The molecule has 1 N–H and O–H groups in total. The maximum absolute atomic E-state index is 12.5. The van der Waals surface area contributed by atoms with Gasteiger partial charge in [-0.3, -0.25) is 0 Å². The molecule has 4 aromatic rings. The van der Waals surface area contributed by atoms with Crippen LogP contribution in [-0.4, -0.2) is 4.98 Å². The van der Waals surface area contributed by atoms with Gasteiger partial charge in [0, 0.05) is 16.0 Å². The van der Waals surface area contributed by atoms with Crippen molar-refractivity contribution in [3.63, 3.8) is 0 Å². The van der Waals surface area contributed by atoms with Gasteiger partial charge < -0.3 is 9.40 Å². The summed E-state index contributed by atoms with van der Waals surface area (Å²) in [6, 6.07) is 16.7. The highest BCUT2D eigenvalue weighted by Gasteiger charge is 2.19. The highest BCUT2D eigenvalue weighted by molar-refractivity contribution is 6.30. The van der Waals surface area contributed by atoms with Crippen LogP contribution in [0, 0.1) is 11.3 Å². The van der Waals surface area contributed by atoms with E-state index in [4.69, 9.17) is 16.0 Å². The molecule has 0 saturated carbocycles. The van der Waals surface area contributed by atoms with Crippen LogP contribution < -0.4 is 5.63 Å². The molecule has 4 nitrogen and oxygen atoms in total. The number of H-pyrrole nitrogens is 1. The molecule has 2 heterocycles. The molecule has 24 heavy (non-hydrogen) atoms. The van der Waals surface area contributed by atoms with Crippen molar-refractivity contribution in [2.45, 2.75) is 6.42 Å². The minimum atomic E-state index is -0.439. The number of halogens is 1. The summed E-state index contributed by atoms with van der Waals surface area (Å²) in [4.78, 5) is 15.8. The molecule has 116 valence electrons. The van der Waals surface area contributed by atoms with Crippen molar-refractivity contribution in [1.29, 1.82) is 5.26 Å². The number of nitrogens with zero attached hydrogens (tertiary/aromatic N) is 1. The Bertz CT molecular complexity index is 1160. The van der Waals surface area contributed by atoms with Crippen molar-refractivity contribution in [2.75, 3.05) is 0 Å². The summed E-state index contributed by atoms with van der Waals surface area (Å²) in [5, 5.41) is 11.1. The van der Waals surface area contributed by atoms with E-state index in [9.17, 15) is 10.1 Å². The van der Waals surface area contributed by atoms with Crippen LogP contribution in [0.5, 0.6) is 0 Å². The van der Waals surface area contributed by atoms with Gasteiger partial charge in [0.25, 0.3) is 0 Å². The minimum Gasteiger partial charge on any atom is -0.422 e. The predicted molar refractivity (Wildman–Crippen MR) is 94.1 cm³/mol. The molecule has 0 bridgehead atoms. The standard InChI is InChI=1S/C19H11ClN2O2/c20-12-7-5-11(6-8-12)17-14(9-10-21)16-18(22-17)13-3-1-2-4-15(13)24-19(16)23/h1-8,22H,9H2. The third kappa shape index (κ3) is 2.18. The van der Waals surface area contributed by atoms with Gasteiger partial charge in [0.05, 0.1) is 29.1 Å². The molecule has 0 atom stereocenters. The quantitative estimate of drug-likeness (QED) is 0.542. The molecule has 0 fully saturated rings. The predicted octanol–water partition coefficient (Wildman–Crippen LogP) is 4.66. The normalized spacial score (nSPS) is 11.0. The van der Waals surface area contributed by atoms with Crippen molar-refractivity contribution in [3.8, 4) is 17.3 Å². The van der Waals surface area contributed by atoms with Crippen LogP contribution in [0.4, 0.5) is 0 Å². The number of hydrogen-bond donors (Lipinski definition) is 1. The molecule has 0 aliphatic heterocycles. The fourth-order valence-electron chi connectivity index (χ4n) is 3.00. The first kappa shape index (κ1) is 14.6. The fraction of sp³-hybridized carbons (Fsp3) is 0.0526. The Kier molecular flexibility index (Phi) is 3.37. The van der Waals surface area contributed by atoms with Gasteiger partial charge >= 0.3 is 5.63 Å². The van der Waals surface area contributed by atoms with E-state index >= 15 is 0 Å². The highest BCUT2D eigenvalue weighted by atomic mass is 35.5. The third-order valence-corrected chi connectivity index (χ3v) is 4.31. The minimum absolute atomic E-state index is 0.112. The molecule has 5 heteroatoms. The van der Waals surface area contributed by atoms with Crippen LogP contribution in [0.1, 0.15) is 5.56 Å². The largest absolute Gasteiger partial charge is 0.422 e. The van der Waals surface area contributed by atoms with Gasteiger partial charge in [0.2, 0.25) is 0 Å². The summed E-state index contributed by atoms with van der Waals surface area (Å²) in [6.45, 7) is 0. The van der Waals surface area contributed by atoms with Crippen molar-refractivity contribution >= 4 is 33.5 Å². The van der Waals surface area contributed by atoms with E-state index in [-0.39, 0.29) is 6.42 Å². The van der Waals surface area contributed by atoms with Crippen LogP contribution in [-0.2, 0) is 6.42 Å². The molecule has 0 saturated heterocycles. The van der Waals surface area contributed by atoms with Crippen molar-refractivity contribution in [1.82, 2.24) is 4.98 Å². The van der Waals surface area contributed by atoms with Gasteiger partial charge in [0.1, 0.15) is 5.58 Å². The number of hydrogen-bond acceptors (Lipinski definition) is 3. The molecular formula is C19H11ClN2O2. The number of aromatic amines is 1.